The number of carbonyl (C=O) groups excluding carboxylic acids is 1. The molecule has 2 aromatic carbocycles. The molecule has 0 bridgehead atoms. The molecule has 6 nitrogen and oxygen atoms in total. The fourth-order valence-electron chi connectivity index (χ4n) is 2.55. The highest BCUT2D eigenvalue weighted by Crippen LogP contribution is 2.29. The fourth-order valence-corrected chi connectivity index (χ4v) is 3.41. The lowest BCUT2D eigenvalue weighted by Crippen LogP contribution is -2.41. The minimum absolute atomic E-state index is 0.199. The molecule has 2 aromatic rings. The number of ether oxygens (including phenoxy) is 1. The van der Waals surface area contributed by atoms with Crippen molar-refractivity contribution in [1.29, 1.82) is 0 Å². The van der Waals surface area contributed by atoms with Crippen molar-refractivity contribution < 1.29 is 22.3 Å². The number of hydrogen-bond donors (Lipinski definition) is 1. The molecule has 0 heterocycles. The minimum atomic E-state index is -3.71. The van der Waals surface area contributed by atoms with Crippen molar-refractivity contribution in [3.63, 3.8) is 0 Å². The van der Waals surface area contributed by atoms with E-state index in [4.69, 9.17) is 4.74 Å². The number of amides is 1. The lowest BCUT2D eigenvalue weighted by molar-refractivity contribution is -0.119. The standard InChI is InChI=1S/C19H23FN2O4S/c1-3-26-18-11-7-6-10-17(18)22(27(2,24)25)14-19(23)21-13-12-15-8-4-5-9-16(15)20/h4-11H,3,12-14H2,1-2H3,(H,21,23). The highest BCUT2D eigenvalue weighted by molar-refractivity contribution is 7.92. The van der Waals surface area contributed by atoms with E-state index in [2.05, 4.69) is 5.32 Å². The first-order chi connectivity index (χ1) is 12.8. The Bertz CT molecular complexity index is 887. The molecule has 27 heavy (non-hydrogen) atoms. The molecule has 0 unspecified atom stereocenters. The monoisotopic (exact) mass is 394 g/mol. The van der Waals surface area contributed by atoms with Crippen LogP contribution in [0.4, 0.5) is 10.1 Å². The van der Waals surface area contributed by atoms with Crippen LogP contribution in [0.3, 0.4) is 0 Å². The van der Waals surface area contributed by atoms with Crippen molar-refractivity contribution in [2.24, 2.45) is 0 Å². The largest absolute Gasteiger partial charge is 0.492 e. The van der Waals surface area contributed by atoms with Crippen molar-refractivity contribution in [2.45, 2.75) is 13.3 Å². The van der Waals surface area contributed by atoms with Crippen molar-refractivity contribution >= 4 is 21.6 Å². The third-order valence-electron chi connectivity index (χ3n) is 3.80. The smallest absolute Gasteiger partial charge is 0.240 e. The Morgan fingerprint density at radius 3 is 2.48 bits per heavy atom. The zero-order valence-electron chi connectivity index (χ0n) is 15.3. The molecule has 0 aliphatic carbocycles. The lowest BCUT2D eigenvalue weighted by Gasteiger charge is -2.24. The van der Waals surface area contributed by atoms with Gasteiger partial charge < -0.3 is 10.1 Å². The first-order valence-corrected chi connectivity index (χ1v) is 10.4. The summed E-state index contributed by atoms with van der Waals surface area (Å²) in [5, 5.41) is 2.63. The summed E-state index contributed by atoms with van der Waals surface area (Å²) >= 11 is 0. The van der Waals surface area contributed by atoms with Gasteiger partial charge in [-0.2, -0.15) is 0 Å². The van der Waals surface area contributed by atoms with Crippen LogP contribution in [-0.4, -0.2) is 40.3 Å². The molecule has 0 saturated carbocycles. The van der Waals surface area contributed by atoms with Crippen LogP contribution in [-0.2, 0) is 21.2 Å². The molecule has 0 aromatic heterocycles. The second-order valence-corrected chi connectivity index (χ2v) is 7.77. The van der Waals surface area contributed by atoms with Gasteiger partial charge in [0.15, 0.2) is 0 Å². The number of para-hydroxylation sites is 2. The van der Waals surface area contributed by atoms with Crippen LogP contribution in [0.25, 0.3) is 0 Å². The van der Waals surface area contributed by atoms with Gasteiger partial charge in [0, 0.05) is 6.54 Å². The summed E-state index contributed by atoms with van der Waals surface area (Å²) in [6.07, 6.45) is 1.34. The first-order valence-electron chi connectivity index (χ1n) is 8.52. The Labute approximate surface area is 159 Å². The molecule has 146 valence electrons. The van der Waals surface area contributed by atoms with Crippen molar-refractivity contribution in [2.75, 3.05) is 30.3 Å². The zero-order valence-corrected chi connectivity index (χ0v) is 16.1. The minimum Gasteiger partial charge on any atom is -0.492 e. The van der Waals surface area contributed by atoms with Gasteiger partial charge in [-0.25, -0.2) is 12.8 Å². The van der Waals surface area contributed by atoms with Gasteiger partial charge in [0.25, 0.3) is 0 Å². The summed E-state index contributed by atoms with van der Waals surface area (Å²) in [5.74, 6) is -0.442. The molecule has 0 radical (unpaired) electrons. The Kier molecular flexibility index (Phi) is 7.18. The molecule has 1 N–H and O–H groups in total. The van der Waals surface area contributed by atoms with Crippen molar-refractivity contribution in [3.8, 4) is 5.75 Å². The number of sulfonamides is 1. The van der Waals surface area contributed by atoms with Crippen molar-refractivity contribution in [1.82, 2.24) is 5.32 Å². The maximum absolute atomic E-state index is 13.6. The summed E-state index contributed by atoms with van der Waals surface area (Å²) in [6, 6.07) is 12.9. The van der Waals surface area contributed by atoms with Crippen LogP contribution in [0.2, 0.25) is 0 Å². The molecular formula is C19H23FN2O4S. The van der Waals surface area contributed by atoms with E-state index in [1.54, 1.807) is 49.4 Å². The van der Waals surface area contributed by atoms with Crippen LogP contribution in [0.5, 0.6) is 5.75 Å². The Balaban J connectivity index is 2.06. The van der Waals surface area contributed by atoms with Crippen LogP contribution in [0.15, 0.2) is 48.5 Å². The quantitative estimate of drug-likeness (QED) is 0.708. The van der Waals surface area contributed by atoms with Gasteiger partial charge in [0.2, 0.25) is 15.9 Å². The molecule has 0 atom stereocenters. The van der Waals surface area contributed by atoms with Gasteiger partial charge in [-0.1, -0.05) is 30.3 Å². The summed E-state index contributed by atoms with van der Waals surface area (Å²) in [6.45, 7) is 1.96. The maximum atomic E-state index is 13.6. The molecule has 0 spiro atoms. The highest BCUT2D eigenvalue weighted by Gasteiger charge is 2.23. The average molecular weight is 394 g/mol. The summed E-state index contributed by atoms with van der Waals surface area (Å²) < 4.78 is 44.5. The Morgan fingerprint density at radius 1 is 1.15 bits per heavy atom. The number of benzene rings is 2. The van der Waals surface area contributed by atoms with E-state index in [0.29, 0.717) is 30.0 Å². The van der Waals surface area contributed by atoms with Gasteiger partial charge in [-0.15, -0.1) is 0 Å². The number of nitrogens with one attached hydrogen (secondary N) is 1. The number of rotatable bonds is 9. The molecule has 2 rings (SSSR count). The summed E-state index contributed by atoms with van der Waals surface area (Å²) in [4.78, 5) is 12.3. The maximum Gasteiger partial charge on any atom is 0.240 e. The first kappa shape index (κ1) is 20.7. The molecular weight excluding hydrogens is 371 g/mol. The van der Waals surface area contributed by atoms with Gasteiger partial charge >= 0.3 is 0 Å². The predicted octanol–water partition coefficient (Wildman–Crippen LogP) is 2.35. The number of carbonyl (C=O) groups is 1. The lowest BCUT2D eigenvalue weighted by atomic mass is 10.1. The van der Waals surface area contributed by atoms with Crippen LogP contribution >= 0.6 is 0 Å². The third kappa shape index (κ3) is 5.96. The topological polar surface area (TPSA) is 75.7 Å². The number of anilines is 1. The molecule has 0 aliphatic rings. The molecule has 1 amide bonds. The number of halogens is 1. The number of nitrogens with zero attached hydrogens (tertiary/aromatic N) is 1. The SMILES string of the molecule is CCOc1ccccc1N(CC(=O)NCCc1ccccc1F)S(C)(=O)=O. The molecule has 0 fully saturated rings. The van der Waals surface area contributed by atoms with Gasteiger partial charge in [-0.3, -0.25) is 9.10 Å². The van der Waals surface area contributed by atoms with E-state index in [9.17, 15) is 17.6 Å². The van der Waals surface area contributed by atoms with Crippen LogP contribution in [0.1, 0.15) is 12.5 Å². The highest BCUT2D eigenvalue weighted by atomic mass is 32.2. The molecule has 8 heteroatoms. The van der Waals surface area contributed by atoms with E-state index in [0.717, 1.165) is 10.6 Å². The zero-order chi connectivity index (χ0) is 19.9. The van der Waals surface area contributed by atoms with Crippen molar-refractivity contribution in [3.05, 3.63) is 59.9 Å². The number of hydrogen-bond acceptors (Lipinski definition) is 4. The van der Waals surface area contributed by atoms with Gasteiger partial charge in [0.05, 0.1) is 18.6 Å². The van der Waals surface area contributed by atoms with E-state index in [1.165, 1.54) is 6.07 Å². The molecule has 0 aliphatic heterocycles. The van der Waals surface area contributed by atoms with E-state index in [1.807, 2.05) is 0 Å². The Morgan fingerprint density at radius 2 is 1.81 bits per heavy atom. The van der Waals surface area contributed by atoms with Gasteiger partial charge in [0.1, 0.15) is 18.1 Å². The van der Waals surface area contributed by atoms with Crippen LogP contribution in [0, 0.1) is 5.82 Å². The van der Waals surface area contributed by atoms with E-state index < -0.39 is 15.9 Å². The summed E-state index contributed by atoms with van der Waals surface area (Å²) in [7, 11) is -3.71. The van der Waals surface area contributed by atoms with Crippen LogP contribution < -0.4 is 14.4 Å². The fraction of sp³-hybridized carbons (Fsp3) is 0.316. The average Bonchev–Trinajstić information content (AvgIpc) is 2.61. The molecule has 0 saturated heterocycles. The second-order valence-electron chi connectivity index (χ2n) is 5.86. The predicted molar refractivity (Wildman–Crippen MR) is 103 cm³/mol. The van der Waals surface area contributed by atoms with Gasteiger partial charge in [-0.05, 0) is 37.1 Å². The summed E-state index contributed by atoms with van der Waals surface area (Å²) in [5.41, 5.74) is 0.783. The Hall–Kier alpha value is -2.61. The van der Waals surface area contributed by atoms with E-state index >= 15 is 0 Å². The van der Waals surface area contributed by atoms with E-state index in [-0.39, 0.29) is 18.9 Å². The normalized spacial score (nSPS) is 11.1. The third-order valence-corrected chi connectivity index (χ3v) is 4.92. The second kappa shape index (κ2) is 9.36.